The Balaban J connectivity index is 1.28. The molecule has 2 aromatic carbocycles. The van der Waals surface area contributed by atoms with E-state index in [0.717, 1.165) is 17.9 Å². The van der Waals surface area contributed by atoms with Crippen LogP contribution in [0, 0.1) is 5.92 Å². The van der Waals surface area contributed by atoms with Crippen LogP contribution in [0.1, 0.15) is 30.7 Å². The minimum atomic E-state index is -0.0874. The van der Waals surface area contributed by atoms with E-state index in [1.807, 2.05) is 36.4 Å². The lowest BCUT2D eigenvalue weighted by molar-refractivity contribution is -0.123. The third-order valence-electron chi connectivity index (χ3n) is 5.08. The Morgan fingerprint density at radius 1 is 1.07 bits per heavy atom. The van der Waals surface area contributed by atoms with Crippen LogP contribution in [0.25, 0.3) is 0 Å². The lowest BCUT2D eigenvalue weighted by atomic mass is 9.90. The Morgan fingerprint density at radius 2 is 1.85 bits per heavy atom. The van der Waals surface area contributed by atoms with E-state index in [0.29, 0.717) is 37.3 Å². The highest BCUT2D eigenvalue weighted by Gasteiger charge is 2.32. The molecule has 27 heavy (non-hydrogen) atoms. The van der Waals surface area contributed by atoms with Crippen LogP contribution in [0.15, 0.2) is 48.5 Å². The molecule has 5 nitrogen and oxygen atoms in total. The molecule has 0 radical (unpaired) electrons. The van der Waals surface area contributed by atoms with Gasteiger partial charge in [-0.05, 0) is 60.9 Å². The molecule has 142 valence electrons. The van der Waals surface area contributed by atoms with Crippen molar-refractivity contribution in [2.75, 3.05) is 26.4 Å². The van der Waals surface area contributed by atoms with E-state index < -0.39 is 0 Å². The molecule has 2 aromatic rings. The van der Waals surface area contributed by atoms with Crippen molar-refractivity contribution in [1.82, 2.24) is 5.32 Å². The van der Waals surface area contributed by atoms with Gasteiger partial charge < -0.3 is 19.5 Å². The van der Waals surface area contributed by atoms with E-state index in [1.165, 1.54) is 18.4 Å². The molecule has 1 unspecified atom stereocenters. The first-order valence-electron chi connectivity index (χ1n) is 9.64. The van der Waals surface area contributed by atoms with Gasteiger partial charge in [-0.2, -0.15) is 0 Å². The topological polar surface area (TPSA) is 56.8 Å². The van der Waals surface area contributed by atoms with Crippen LogP contribution >= 0.6 is 0 Å². The molecular weight excluding hydrogens is 342 g/mol. The standard InChI is InChI=1S/C22H25NO4/c24-22(15-27-18-4-2-1-3-5-18)23-11-10-19(16-6-7-16)17-8-9-20-21(14-17)26-13-12-25-20/h1-5,8-9,14,16,19H,6-7,10-13,15H2,(H,23,24). The fourth-order valence-corrected chi connectivity index (χ4v) is 3.55. The van der Waals surface area contributed by atoms with Crippen molar-refractivity contribution in [3.8, 4) is 17.2 Å². The van der Waals surface area contributed by atoms with Crippen LogP contribution in [0.4, 0.5) is 0 Å². The van der Waals surface area contributed by atoms with Gasteiger partial charge in [0, 0.05) is 6.54 Å². The normalized spacial score (nSPS) is 16.4. The average molecular weight is 367 g/mol. The summed E-state index contributed by atoms with van der Waals surface area (Å²) in [4.78, 5) is 12.0. The summed E-state index contributed by atoms with van der Waals surface area (Å²) in [7, 11) is 0. The molecule has 1 atom stereocenters. The number of benzene rings is 2. The fourth-order valence-electron chi connectivity index (χ4n) is 3.55. The monoisotopic (exact) mass is 367 g/mol. The van der Waals surface area contributed by atoms with E-state index in [1.54, 1.807) is 0 Å². The highest BCUT2D eigenvalue weighted by molar-refractivity contribution is 5.77. The molecular formula is C22H25NO4. The fraction of sp³-hybridized carbons (Fsp3) is 0.409. The molecule has 2 aliphatic rings. The molecule has 5 heteroatoms. The second-order valence-electron chi connectivity index (χ2n) is 7.09. The first kappa shape index (κ1) is 17.7. The van der Waals surface area contributed by atoms with Crippen molar-refractivity contribution in [2.45, 2.75) is 25.2 Å². The summed E-state index contributed by atoms with van der Waals surface area (Å²) in [5.74, 6) is 3.42. The van der Waals surface area contributed by atoms with Crippen molar-refractivity contribution in [3.05, 3.63) is 54.1 Å². The number of rotatable bonds is 8. The zero-order chi connectivity index (χ0) is 18.5. The van der Waals surface area contributed by atoms with Crippen molar-refractivity contribution >= 4 is 5.91 Å². The summed E-state index contributed by atoms with van der Waals surface area (Å²) >= 11 is 0. The maximum Gasteiger partial charge on any atom is 0.257 e. The smallest absolute Gasteiger partial charge is 0.257 e. The van der Waals surface area contributed by atoms with Gasteiger partial charge in [0.2, 0.25) is 0 Å². The largest absolute Gasteiger partial charge is 0.486 e. The number of hydrogen-bond donors (Lipinski definition) is 1. The Bertz CT molecular complexity index is 773. The van der Waals surface area contributed by atoms with Gasteiger partial charge >= 0.3 is 0 Å². The van der Waals surface area contributed by atoms with E-state index in [9.17, 15) is 4.79 Å². The second-order valence-corrected chi connectivity index (χ2v) is 7.09. The van der Waals surface area contributed by atoms with E-state index in [4.69, 9.17) is 14.2 Å². The maximum atomic E-state index is 12.0. The second kappa shape index (κ2) is 8.33. The zero-order valence-corrected chi connectivity index (χ0v) is 15.4. The van der Waals surface area contributed by atoms with Gasteiger partial charge in [-0.25, -0.2) is 0 Å². The van der Waals surface area contributed by atoms with Gasteiger partial charge in [0.15, 0.2) is 18.1 Å². The highest BCUT2D eigenvalue weighted by atomic mass is 16.6. The van der Waals surface area contributed by atoms with Crippen molar-refractivity contribution in [2.24, 2.45) is 5.92 Å². The van der Waals surface area contributed by atoms with Gasteiger partial charge in [-0.1, -0.05) is 24.3 Å². The predicted molar refractivity (Wildman–Crippen MR) is 102 cm³/mol. The van der Waals surface area contributed by atoms with Gasteiger partial charge in [0.05, 0.1) is 0 Å². The van der Waals surface area contributed by atoms with Crippen molar-refractivity contribution < 1.29 is 19.0 Å². The number of nitrogens with one attached hydrogen (secondary N) is 1. The van der Waals surface area contributed by atoms with E-state index >= 15 is 0 Å². The SMILES string of the molecule is O=C(COc1ccccc1)NCCC(c1ccc2c(c1)OCCO2)C1CC1. The number of fused-ring (bicyclic) bond motifs is 1. The molecule has 1 aliphatic heterocycles. The minimum Gasteiger partial charge on any atom is -0.486 e. The number of carbonyl (C=O) groups is 1. The first-order valence-corrected chi connectivity index (χ1v) is 9.64. The molecule has 4 rings (SSSR count). The summed E-state index contributed by atoms with van der Waals surface area (Å²) in [6.45, 7) is 1.90. The Hall–Kier alpha value is -2.69. The lowest BCUT2D eigenvalue weighted by Gasteiger charge is -2.22. The van der Waals surface area contributed by atoms with E-state index in [2.05, 4.69) is 17.4 Å². The number of para-hydroxylation sites is 1. The van der Waals surface area contributed by atoms with Gasteiger partial charge in [0.1, 0.15) is 19.0 Å². The number of hydrogen-bond acceptors (Lipinski definition) is 4. The molecule has 0 bridgehead atoms. The molecule has 1 fully saturated rings. The van der Waals surface area contributed by atoms with Crippen molar-refractivity contribution in [3.63, 3.8) is 0 Å². The van der Waals surface area contributed by atoms with Crippen LogP contribution in [-0.2, 0) is 4.79 Å². The average Bonchev–Trinajstić information content (AvgIpc) is 3.55. The molecule has 1 amide bonds. The summed E-state index contributed by atoms with van der Waals surface area (Å²) in [6.07, 6.45) is 3.43. The third kappa shape index (κ3) is 4.73. The minimum absolute atomic E-state index is 0.0438. The molecule has 1 heterocycles. The third-order valence-corrected chi connectivity index (χ3v) is 5.08. The first-order chi connectivity index (χ1) is 13.3. The Morgan fingerprint density at radius 3 is 2.63 bits per heavy atom. The molecule has 0 aromatic heterocycles. The Kier molecular flexibility index (Phi) is 5.47. The maximum absolute atomic E-state index is 12.0. The lowest BCUT2D eigenvalue weighted by Crippen LogP contribution is -2.30. The molecule has 0 spiro atoms. The predicted octanol–water partition coefficient (Wildman–Crippen LogP) is 3.54. The molecule has 1 aliphatic carbocycles. The number of amides is 1. The number of ether oxygens (including phenoxy) is 3. The summed E-state index contributed by atoms with van der Waals surface area (Å²) in [5, 5.41) is 2.98. The quantitative estimate of drug-likeness (QED) is 0.775. The van der Waals surface area contributed by atoms with Crippen LogP contribution in [0.5, 0.6) is 17.2 Å². The van der Waals surface area contributed by atoms with Crippen LogP contribution in [-0.4, -0.2) is 32.3 Å². The molecule has 0 saturated heterocycles. The summed E-state index contributed by atoms with van der Waals surface area (Å²) in [6, 6.07) is 15.6. The van der Waals surface area contributed by atoms with Crippen LogP contribution in [0.2, 0.25) is 0 Å². The summed E-state index contributed by atoms with van der Waals surface area (Å²) < 4.78 is 16.8. The van der Waals surface area contributed by atoms with Crippen molar-refractivity contribution in [1.29, 1.82) is 0 Å². The van der Waals surface area contributed by atoms with Gasteiger partial charge in [-0.3, -0.25) is 4.79 Å². The van der Waals surface area contributed by atoms with Gasteiger partial charge in [-0.15, -0.1) is 0 Å². The zero-order valence-electron chi connectivity index (χ0n) is 15.4. The highest BCUT2D eigenvalue weighted by Crippen LogP contribution is 2.46. The Labute approximate surface area is 159 Å². The number of carbonyl (C=O) groups excluding carboxylic acids is 1. The molecule has 1 N–H and O–H groups in total. The van der Waals surface area contributed by atoms with Crippen LogP contribution < -0.4 is 19.5 Å². The molecule has 1 saturated carbocycles. The van der Waals surface area contributed by atoms with Crippen LogP contribution in [0.3, 0.4) is 0 Å². The summed E-state index contributed by atoms with van der Waals surface area (Å²) in [5.41, 5.74) is 1.27. The van der Waals surface area contributed by atoms with E-state index in [-0.39, 0.29) is 12.5 Å². The van der Waals surface area contributed by atoms with Gasteiger partial charge in [0.25, 0.3) is 5.91 Å².